The molecule has 0 aliphatic carbocycles. The normalized spacial score (nSPS) is 11.7. The number of nitriles is 1. The van der Waals surface area contributed by atoms with Gasteiger partial charge in [0.05, 0.1) is 25.3 Å². The molecule has 0 radical (unpaired) electrons. The summed E-state index contributed by atoms with van der Waals surface area (Å²) in [6, 6.07) is 7.24. The smallest absolute Gasteiger partial charge is 0.162 e. The van der Waals surface area contributed by atoms with Crippen LogP contribution >= 0.6 is 11.6 Å². The van der Waals surface area contributed by atoms with E-state index in [1.807, 2.05) is 0 Å². The number of methoxy groups -OCH3 is 1. The number of rotatable bonds is 7. The summed E-state index contributed by atoms with van der Waals surface area (Å²) in [7, 11) is 1.57. The van der Waals surface area contributed by atoms with E-state index in [0.717, 1.165) is 12.8 Å². The fourth-order valence-corrected chi connectivity index (χ4v) is 1.93. The van der Waals surface area contributed by atoms with Crippen LogP contribution in [0.2, 0.25) is 0 Å². The van der Waals surface area contributed by atoms with Crippen LogP contribution in [0.25, 0.3) is 0 Å². The van der Waals surface area contributed by atoms with Gasteiger partial charge in [0, 0.05) is 11.9 Å². The van der Waals surface area contributed by atoms with Gasteiger partial charge in [-0.05, 0) is 30.9 Å². The lowest BCUT2D eigenvalue weighted by molar-refractivity contribution is 0.267. The molecule has 98 valence electrons. The van der Waals surface area contributed by atoms with Crippen LogP contribution in [0, 0.1) is 17.2 Å². The van der Waals surface area contributed by atoms with E-state index in [-0.39, 0.29) is 0 Å². The summed E-state index contributed by atoms with van der Waals surface area (Å²) in [5.74, 6) is 2.50. The number of hydrogen-bond donors (Lipinski definition) is 0. The Morgan fingerprint density at radius 2 is 2.11 bits per heavy atom. The minimum absolute atomic E-state index is 0.548. The maximum atomic E-state index is 8.80. The van der Waals surface area contributed by atoms with E-state index in [1.54, 1.807) is 25.3 Å². The number of ether oxygens (including phenoxy) is 2. The topological polar surface area (TPSA) is 42.2 Å². The highest BCUT2D eigenvalue weighted by molar-refractivity contribution is 6.17. The van der Waals surface area contributed by atoms with E-state index in [0.29, 0.717) is 35.5 Å². The lowest BCUT2D eigenvalue weighted by Crippen LogP contribution is -2.05. The molecule has 0 spiro atoms. The van der Waals surface area contributed by atoms with Gasteiger partial charge in [-0.3, -0.25) is 0 Å². The second kappa shape index (κ2) is 7.84. The average molecular weight is 268 g/mol. The van der Waals surface area contributed by atoms with Gasteiger partial charge in [0.25, 0.3) is 0 Å². The number of hydrogen-bond acceptors (Lipinski definition) is 3. The monoisotopic (exact) mass is 267 g/mol. The average Bonchev–Trinajstić information content (AvgIpc) is 2.39. The predicted octanol–water partition coefficient (Wildman–Crippen LogP) is 3.60. The van der Waals surface area contributed by atoms with Crippen LogP contribution in [0.15, 0.2) is 18.2 Å². The van der Waals surface area contributed by atoms with Crippen LogP contribution in [-0.4, -0.2) is 19.6 Å². The number of halogens is 1. The molecule has 1 unspecified atom stereocenters. The van der Waals surface area contributed by atoms with Crippen LogP contribution in [0.5, 0.6) is 11.5 Å². The van der Waals surface area contributed by atoms with Gasteiger partial charge >= 0.3 is 0 Å². The molecule has 1 atom stereocenters. The Morgan fingerprint density at radius 1 is 1.33 bits per heavy atom. The van der Waals surface area contributed by atoms with Gasteiger partial charge in [0.1, 0.15) is 0 Å². The highest BCUT2D eigenvalue weighted by Crippen LogP contribution is 2.28. The molecule has 1 aromatic carbocycles. The fourth-order valence-electron chi connectivity index (χ4n) is 1.56. The summed E-state index contributed by atoms with van der Waals surface area (Å²) >= 11 is 5.68. The Bertz CT molecular complexity index is 415. The molecule has 0 aliphatic heterocycles. The van der Waals surface area contributed by atoms with Crippen LogP contribution in [0.3, 0.4) is 0 Å². The molecule has 0 N–H and O–H groups in total. The first-order valence-corrected chi connectivity index (χ1v) is 6.51. The van der Waals surface area contributed by atoms with Gasteiger partial charge in [0.15, 0.2) is 11.5 Å². The summed E-state index contributed by atoms with van der Waals surface area (Å²) in [5.41, 5.74) is 0.565. The SMILES string of the molecule is COc1cc(C#N)ccc1OCCC(C)CCCl. The summed E-state index contributed by atoms with van der Waals surface area (Å²) < 4.78 is 10.9. The van der Waals surface area contributed by atoms with Crippen molar-refractivity contribution in [2.24, 2.45) is 5.92 Å². The second-order valence-electron chi connectivity index (χ2n) is 4.20. The van der Waals surface area contributed by atoms with Crippen LogP contribution < -0.4 is 9.47 Å². The third kappa shape index (κ3) is 4.46. The Labute approximate surface area is 113 Å². The second-order valence-corrected chi connectivity index (χ2v) is 4.58. The molecule has 0 saturated carbocycles. The molecule has 0 bridgehead atoms. The van der Waals surface area contributed by atoms with Crippen molar-refractivity contribution in [2.75, 3.05) is 19.6 Å². The highest BCUT2D eigenvalue weighted by atomic mass is 35.5. The highest BCUT2D eigenvalue weighted by Gasteiger charge is 2.07. The maximum Gasteiger partial charge on any atom is 0.162 e. The van der Waals surface area contributed by atoms with E-state index < -0.39 is 0 Å². The van der Waals surface area contributed by atoms with Crippen molar-refractivity contribution in [3.8, 4) is 17.6 Å². The lowest BCUT2D eigenvalue weighted by Gasteiger charge is -2.13. The molecule has 3 nitrogen and oxygen atoms in total. The zero-order valence-corrected chi connectivity index (χ0v) is 11.5. The first-order chi connectivity index (χ1) is 8.71. The fraction of sp³-hybridized carbons (Fsp3) is 0.500. The van der Waals surface area contributed by atoms with Crippen molar-refractivity contribution in [1.29, 1.82) is 5.26 Å². The van der Waals surface area contributed by atoms with Gasteiger partial charge in [-0.15, -0.1) is 11.6 Å². The molecule has 4 heteroatoms. The minimum atomic E-state index is 0.548. The van der Waals surface area contributed by atoms with E-state index in [9.17, 15) is 0 Å². The quantitative estimate of drug-likeness (QED) is 0.709. The van der Waals surface area contributed by atoms with Gasteiger partial charge in [0.2, 0.25) is 0 Å². The van der Waals surface area contributed by atoms with Crippen LogP contribution in [-0.2, 0) is 0 Å². The first kappa shape index (κ1) is 14.7. The molecular weight excluding hydrogens is 250 g/mol. The Kier molecular flexibility index (Phi) is 6.38. The molecular formula is C14H18ClNO2. The van der Waals surface area contributed by atoms with Crippen LogP contribution in [0.4, 0.5) is 0 Å². The maximum absolute atomic E-state index is 8.80. The first-order valence-electron chi connectivity index (χ1n) is 5.98. The zero-order valence-electron chi connectivity index (χ0n) is 10.8. The molecule has 0 fully saturated rings. The van der Waals surface area contributed by atoms with Gasteiger partial charge in [-0.2, -0.15) is 5.26 Å². The molecule has 18 heavy (non-hydrogen) atoms. The van der Waals surface area contributed by atoms with E-state index >= 15 is 0 Å². The number of benzene rings is 1. The molecule has 0 heterocycles. The predicted molar refractivity (Wildman–Crippen MR) is 72.3 cm³/mol. The molecule has 0 aromatic heterocycles. The molecule has 1 aromatic rings. The third-order valence-corrected chi connectivity index (χ3v) is 2.98. The van der Waals surface area contributed by atoms with Crippen molar-refractivity contribution in [2.45, 2.75) is 19.8 Å². The van der Waals surface area contributed by atoms with Crippen molar-refractivity contribution in [3.05, 3.63) is 23.8 Å². The van der Waals surface area contributed by atoms with Gasteiger partial charge in [-0.25, -0.2) is 0 Å². The molecule has 0 saturated heterocycles. The zero-order chi connectivity index (χ0) is 13.4. The van der Waals surface area contributed by atoms with E-state index in [4.69, 9.17) is 26.3 Å². The summed E-state index contributed by atoms with van der Waals surface area (Å²) in [4.78, 5) is 0. The van der Waals surface area contributed by atoms with Crippen molar-refractivity contribution in [3.63, 3.8) is 0 Å². The van der Waals surface area contributed by atoms with Gasteiger partial charge < -0.3 is 9.47 Å². The van der Waals surface area contributed by atoms with Crippen molar-refractivity contribution >= 4 is 11.6 Å². The summed E-state index contributed by atoms with van der Waals surface area (Å²) in [5, 5.41) is 8.80. The van der Waals surface area contributed by atoms with Crippen LogP contribution in [0.1, 0.15) is 25.3 Å². The Hall–Kier alpha value is -1.40. The lowest BCUT2D eigenvalue weighted by atomic mass is 10.1. The van der Waals surface area contributed by atoms with E-state index in [1.165, 1.54) is 0 Å². The minimum Gasteiger partial charge on any atom is -0.493 e. The van der Waals surface area contributed by atoms with Crippen molar-refractivity contribution < 1.29 is 9.47 Å². The standard InChI is InChI=1S/C14H18ClNO2/c1-11(5-7-15)6-8-18-13-4-3-12(10-16)9-14(13)17-2/h3-4,9,11H,5-8H2,1-2H3. The summed E-state index contributed by atoms with van der Waals surface area (Å²) in [6.07, 6.45) is 1.95. The largest absolute Gasteiger partial charge is 0.493 e. The molecule has 1 rings (SSSR count). The van der Waals surface area contributed by atoms with Crippen molar-refractivity contribution in [1.82, 2.24) is 0 Å². The summed E-state index contributed by atoms with van der Waals surface area (Å²) in [6.45, 7) is 2.78. The number of nitrogens with zero attached hydrogens (tertiary/aromatic N) is 1. The van der Waals surface area contributed by atoms with E-state index in [2.05, 4.69) is 13.0 Å². The molecule has 0 aliphatic rings. The number of alkyl halides is 1. The van der Waals surface area contributed by atoms with Gasteiger partial charge in [-0.1, -0.05) is 6.92 Å². The Balaban J connectivity index is 2.54. The Morgan fingerprint density at radius 3 is 2.72 bits per heavy atom. The third-order valence-electron chi connectivity index (χ3n) is 2.76. The molecule has 0 amide bonds.